The highest BCUT2D eigenvalue weighted by Crippen LogP contribution is 2.40. The summed E-state index contributed by atoms with van der Waals surface area (Å²) in [4.78, 5) is 26.3. The third-order valence-electron chi connectivity index (χ3n) is 7.00. The first-order valence-electron chi connectivity index (χ1n) is 12.3. The summed E-state index contributed by atoms with van der Waals surface area (Å²) < 4.78 is 43.0. The number of aryl methyl sites for hydroxylation is 2. The molecule has 3 aromatic rings. The summed E-state index contributed by atoms with van der Waals surface area (Å²) in [6, 6.07) is 7.47. The topological polar surface area (TPSA) is 66.6 Å². The molecular weight excluding hydrogens is 481 g/mol. The molecule has 194 valence electrons. The van der Waals surface area contributed by atoms with Gasteiger partial charge in [-0.2, -0.15) is 18.3 Å². The second-order valence-electron chi connectivity index (χ2n) is 9.70. The minimum absolute atomic E-state index is 0.000467. The zero-order chi connectivity index (χ0) is 26.3. The smallest absolute Gasteiger partial charge is 0.356 e. The van der Waals surface area contributed by atoms with E-state index < -0.39 is 11.9 Å². The lowest BCUT2D eigenvalue weighted by Crippen LogP contribution is -2.38. The van der Waals surface area contributed by atoms with Crippen LogP contribution in [-0.2, 0) is 32.7 Å². The number of carbonyl (C=O) groups excluding carboxylic acids is 1. The molecule has 4 heterocycles. The van der Waals surface area contributed by atoms with Gasteiger partial charge in [0.05, 0.1) is 18.1 Å². The van der Waals surface area contributed by atoms with Crippen LogP contribution in [0.5, 0.6) is 0 Å². The van der Waals surface area contributed by atoms with Crippen LogP contribution in [0.3, 0.4) is 0 Å². The van der Waals surface area contributed by atoms with Crippen molar-refractivity contribution in [2.24, 2.45) is 12.0 Å². The SMILES string of the molecule is CN=C1CCCN1Cc1cc2c(c(-c3cn(C)nc3C(F)(F)F)c1)CCN(Cc1cc(C)ccn1)C2=O. The molecule has 5 rings (SSSR count). The van der Waals surface area contributed by atoms with Crippen LogP contribution < -0.4 is 0 Å². The Hall–Kier alpha value is -3.69. The molecule has 1 fully saturated rings. The molecule has 1 amide bonds. The molecule has 0 spiro atoms. The Morgan fingerprint density at radius 1 is 1.03 bits per heavy atom. The molecule has 0 saturated carbocycles. The lowest BCUT2D eigenvalue weighted by molar-refractivity contribution is -0.140. The van der Waals surface area contributed by atoms with E-state index in [1.807, 2.05) is 25.1 Å². The van der Waals surface area contributed by atoms with Gasteiger partial charge in [0.25, 0.3) is 5.91 Å². The van der Waals surface area contributed by atoms with Crippen molar-refractivity contribution < 1.29 is 18.0 Å². The summed E-state index contributed by atoms with van der Waals surface area (Å²) in [5, 5.41) is 3.72. The highest BCUT2D eigenvalue weighted by molar-refractivity contribution is 5.99. The van der Waals surface area contributed by atoms with E-state index in [0.29, 0.717) is 42.7 Å². The Labute approximate surface area is 213 Å². The van der Waals surface area contributed by atoms with Crippen molar-refractivity contribution in [3.63, 3.8) is 0 Å². The molecule has 0 bridgehead atoms. The number of halogens is 3. The van der Waals surface area contributed by atoms with Crippen molar-refractivity contribution in [3.8, 4) is 11.1 Å². The summed E-state index contributed by atoms with van der Waals surface area (Å²) in [6.07, 6.45) is 0.780. The van der Waals surface area contributed by atoms with E-state index in [-0.39, 0.29) is 11.5 Å². The lowest BCUT2D eigenvalue weighted by Gasteiger charge is -2.31. The van der Waals surface area contributed by atoms with Gasteiger partial charge in [-0.05, 0) is 66.3 Å². The van der Waals surface area contributed by atoms with Crippen LogP contribution in [-0.4, -0.2) is 56.4 Å². The van der Waals surface area contributed by atoms with Crippen LogP contribution in [0.4, 0.5) is 13.2 Å². The van der Waals surface area contributed by atoms with Gasteiger partial charge in [0, 0.05) is 63.7 Å². The number of rotatable bonds is 5. The Morgan fingerprint density at radius 2 is 1.81 bits per heavy atom. The summed E-state index contributed by atoms with van der Waals surface area (Å²) in [5.74, 6) is 0.769. The first kappa shape index (κ1) is 25.0. The first-order chi connectivity index (χ1) is 17.6. The summed E-state index contributed by atoms with van der Waals surface area (Å²) in [7, 11) is 3.23. The molecule has 2 aliphatic rings. The lowest BCUT2D eigenvalue weighted by atomic mass is 9.88. The number of benzene rings is 1. The molecule has 1 aromatic carbocycles. The standard InChI is InChI=1S/C27H29F3N6O/c1-17-6-8-32-19(11-17)15-36-10-7-20-21(23-16-34(3)33-25(23)27(28,29)30)12-18(13-22(20)26(36)37)14-35-9-4-5-24(35)31-2/h6,8,11-13,16H,4-5,7,9-10,14-15H2,1-3H3. The quantitative estimate of drug-likeness (QED) is 0.502. The Bertz CT molecular complexity index is 1380. The molecule has 2 aliphatic heterocycles. The van der Waals surface area contributed by atoms with Crippen molar-refractivity contribution in [3.05, 3.63) is 70.3 Å². The molecule has 0 radical (unpaired) electrons. The monoisotopic (exact) mass is 510 g/mol. The van der Waals surface area contributed by atoms with Gasteiger partial charge in [-0.15, -0.1) is 0 Å². The largest absolute Gasteiger partial charge is 0.435 e. The van der Waals surface area contributed by atoms with Crippen molar-refractivity contribution in [1.29, 1.82) is 0 Å². The summed E-state index contributed by atoms with van der Waals surface area (Å²) >= 11 is 0. The molecule has 37 heavy (non-hydrogen) atoms. The van der Waals surface area contributed by atoms with Crippen molar-refractivity contribution >= 4 is 11.7 Å². The van der Waals surface area contributed by atoms with Crippen LogP contribution >= 0.6 is 0 Å². The third-order valence-corrected chi connectivity index (χ3v) is 7.00. The van der Waals surface area contributed by atoms with Gasteiger partial charge in [-0.3, -0.25) is 19.5 Å². The fourth-order valence-electron chi connectivity index (χ4n) is 5.33. The highest BCUT2D eigenvalue weighted by atomic mass is 19.4. The Morgan fingerprint density at radius 3 is 2.54 bits per heavy atom. The molecule has 0 unspecified atom stereocenters. The van der Waals surface area contributed by atoms with Crippen LogP contribution in [0.25, 0.3) is 11.1 Å². The maximum atomic E-state index is 13.9. The number of alkyl halides is 3. The molecular formula is C27H29F3N6O. The third kappa shape index (κ3) is 4.97. The second kappa shape index (κ2) is 9.64. The van der Waals surface area contributed by atoms with E-state index in [4.69, 9.17) is 0 Å². The molecule has 7 nitrogen and oxygen atoms in total. The second-order valence-corrected chi connectivity index (χ2v) is 9.70. The number of hydrogen-bond donors (Lipinski definition) is 0. The zero-order valence-corrected chi connectivity index (χ0v) is 21.1. The van der Waals surface area contributed by atoms with Gasteiger partial charge in [0.15, 0.2) is 5.69 Å². The maximum absolute atomic E-state index is 13.9. The van der Waals surface area contributed by atoms with E-state index in [0.717, 1.165) is 42.0 Å². The molecule has 0 N–H and O–H groups in total. The number of pyridine rings is 1. The number of amidine groups is 1. The van der Waals surface area contributed by atoms with Crippen LogP contribution in [0.1, 0.15) is 51.3 Å². The van der Waals surface area contributed by atoms with Gasteiger partial charge >= 0.3 is 6.18 Å². The van der Waals surface area contributed by atoms with Gasteiger partial charge in [-0.1, -0.05) is 0 Å². The van der Waals surface area contributed by atoms with Crippen LogP contribution in [0.2, 0.25) is 0 Å². The average molecular weight is 511 g/mol. The summed E-state index contributed by atoms with van der Waals surface area (Å²) in [6.45, 7) is 4.00. The number of nitrogens with zero attached hydrogens (tertiary/aromatic N) is 6. The predicted octanol–water partition coefficient (Wildman–Crippen LogP) is 4.63. The number of amides is 1. The van der Waals surface area contributed by atoms with Crippen molar-refractivity contribution in [2.75, 3.05) is 20.1 Å². The van der Waals surface area contributed by atoms with E-state index in [9.17, 15) is 18.0 Å². The first-order valence-corrected chi connectivity index (χ1v) is 12.3. The minimum atomic E-state index is -4.61. The Kier molecular flexibility index (Phi) is 6.51. The number of hydrogen-bond acceptors (Lipinski definition) is 4. The van der Waals surface area contributed by atoms with Crippen molar-refractivity contribution in [2.45, 2.75) is 45.5 Å². The number of likely N-dealkylation sites (tertiary alicyclic amines) is 1. The average Bonchev–Trinajstić information content (AvgIpc) is 3.46. The predicted molar refractivity (Wildman–Crippen MR) is 134 cm³/mol. The van der Waals surface area contributed by atoms with E-state index in [1.54, 1.807) is 24.2 Å². The molecule has 0 atom stereocenters. The van der Waals surface area contributed by atoms with Crippen LogP contribution in [0, 0.1) is 6.92 Å². The van der Waals surface area contributed by atoms with Gasteiger partial charge < -0.3 is 9.80 Å². The van der Waals surface area contributed by atoms with Gasteiger partial charge in [0.1, 0.15) is 0 Å². The molecule has 10 heteroatoms. The highest BCUT2D eigenvalue weighted by Gasteiger charge is 2.39. The van der Waals surface area contributed by atoms with Crippen LogP contribution in [0.15, 0.2) is 41.7 Å². The molecule has 2 aromatic heterocycles. The molecule has 1 saturated heterocycles. The number of aliphatic imine (C=N–C) groups is 1. The Balaban J connectivity index is 1.59. The zero-order valence-electron chi connectivity index (χ0n) is 21.1. The number of aromatic nitrogens is 3. The fourth-order valence-corrected chi connectivity index (χ4v) is 5.33. The minimum Gasteiger partial charge on any atom is -0.356 e. The molecule has 0 aliphatic carbocycles. The van der Waals surface area contributed by atoms with E-state index in [2.05, 4.69) is 20.0 Å². The summed E-state index contributed by atoms with van der Waals surface area (Å²) in [5.41, 5.74) is 3.16. The van der Waals surface area contributed by atoms with Gasteiger partial charge in [-0.25, -0.2) is 0 Å². The maximum Gasteiger partial charge on any atom is 0.435 e. The van der Waals surface area contributed by atoms with Crippen molar-refractivity contribution in [1.82, 2.24) is 24.6 Å². The van der Waals surface area contributed by atoms with E-state index in [1.165, 1.54) is 17.9 Å². The normalized spacial score (nSPS) is 17.1. The van der Waals surface area contributed by atoms with E-state index >= 15 is 0 Å². The number of fused-ring (bicyclic) bond motifs is 1. The van der Waals surface area contributed by atoms with Gasteiger partial charge in [0.2, 0.25) is 0 Å². The number of carbonyl (C=O) groups is 1. The fraction of sp³-hybridized carbons (Fsp3) is 0.407.